The lowest BCUT2D eigenvalue weighted by Gasteiger charge is -2.18. The van der Waals surface area contributed by atoms with Crippen LogP contribution in [-0.4, -0.2) is 13.2 Å². The van der Waals surface area contributed by atoms with Gasteiger partial charge in [-0.05, 0) is 46.5 Å². The molecule has 2 nitrogen and oxygen atoms in total. The predicted molar refractivity (Wildman–Crippen MR) is 93.7 cm³/mol. The van der Waals surface area contributed by atoms with Gasteiger partial charge in [0.2, 0.25) is 0 Å². The molecule has 0 heterocycles. The second-order valence-electron chi connectivity index (χ2n) is 4.89. The predicted octanol–water partition coefficient (Wildman–Crippen LogP) is 5.72. The number of hydrogen-bond donors (Lipinski definition) is 1. The minimum Gasteiger partial charge on any atom is -0.491 e. The van der Waals surface area contributed by atoms with Crippen molar-refractivity contribution in [2.24, 2.45) is 0 Å². The van der Waals surface area contributed by atoms with Crippen LogP contribution in [0.3, 0.4) is 0 Å². The van der Waals surface area contributed by atoms with Crippen molar-refractivity contribution in [3.63, 3.8) is 0 Å². The van der Waals surface area contributed by atoms with Crippen molar-refractivity contribution in [2.75, 3.05) is 18.5 Å². The highest BCUT2D eigenvalue weighted by Gasteiger charge is 2.12. The van der Waals surface area contributed by atoms with Crippen LogP contribution in [0.25, 0.3) is 0 Å². The Labute approximate surface area is 139 Å². The molecular formula is C17H19BrClNO. The zero-order valence-corrected chi connectivity index (χ0v) is 14.5. The lowest BCUT2D eigenvalue weighted by molar-refractivity contribution is 0.339. The SMILES string of the molecule is CCOc1c(Br)cc(Cl)cc1NCC(C)c1ccccc1. The van der Waals surface area contributed by atoms with E-state index in [4.69, 9.17) is 16.3 Å². The molecule has 21 heavy (non-hydrogen) atoms. The molecule has 2 aromatic carbocycles. The summed E-state index contributed by atoms with van der Waals surface area (Å²) < 4.78 is 6.56. The Balaban J connectivity index is 2.12. The molecule has 0 radical (unpaired) electrons. The average Bonchev–Trinajstić information content (AvgIpc) is 2.48. The summed E-state index contributed by atoms with van der Waals surface area (Å²) >= 11 is 9.63. The molecule has 0 aliphatic heterocycles. The topological polar surface area (TPSA) is 21.3 Å². The number of ether oxygens (including phenoxy) is 1. The van der Waals surface area contributed by atoms with Gasteiger partial charge in [0.25, 0.3) is 0 Å². The van der Waals surface area contributed by atoms with Gasteiger partial charge in [0.05, 0.1) is 16.8 Å². The van der Waals surface area contributed by atoms with E-state index >= 15 is 0 Å². The summed E-state index contributed by atoms with van der Waals surface area (Å²) in [4.78, 5) is 0. The molecule has 1 atom stereocenters. The minimum absolute atomic E-state index is 0.401. The smallest absolute Gasteiger partial charge is 0.156 e. The van der Waals surface area contributed by atoms with Crippen molar-refractivity contribution in [1.29, 1.82) is 0 Å². The number of hydrogen-bond acceptors (Lipinski definition) is 2. The van der Waals surface area contributed by atoms with Crippen molar-refractivity contribution in [3.8, 4) is 5.75 Å². The highest BCUT2D eigenvalue weighted by molar-refractivity contribution is 9.10. The molecule has 0 fully saturated rings. The van der Waals surface area contributed by atoms with Crippen molar-refractivity contribution in [2.45, 2.75) is 19.8 Å². The van der Waals surface area contributed by atoms with E-state index in [1.807, 2.05) is 25.1 Å². The third kappa shape index (κ3) is 4.39. The van der Waals surface area contributed by atoms with E-state index in [1.165, 1.54) is 5.56 Å². The fraction of sp³-hybridized carbons (Fsp3) is 0.294. The zero-order chi connectivity index (χ0) is 15.2. The van der Waals surface area contributed by atoms with Crippen LogP contribution in [0, 0.1) is 0 Å². The lowest BCUT2D eigenvalue weighted by atomic mass is 10.0. The molecule has 0 spiro atoms. The molecule has 2 rings (SSSR count). The second-order valence-corrected chi connectivity index (χ2v) is 6.18. The summed E-state index contributed by atoms with van der Waals surface area (Å²) in [6, 6.07) is 14.2. The van der Waals surface area contributed by atoms with Crippen molar-refractivity contribution < 1.29 is 4.74 Å². The Bertz CT molecular complexity index is 589. The maximum absolute atomic E-state index is 6.13. The highest BCUT2D eigenvalue weighted by Crippen LogP contribution is 2.37. The van der Waals surface area contributed by atoms with Crippen molar-refractivity contribution in [1.82, 2.24) is 0 Å². The van der Waals surface area contributed by atoms with Gasteiger partial charge in [-0.3, -0.25) is 0 Å². The second kappa shape index (κ2) is 7.71. The van der Waals surface area contributed by atoms with Gasteiger partial charge >= 0.3 is 0 Å². The summed E-state index contributed by atoms with van der Waals surface area (Å²) in [6.07, 6.45) is 0. The monoisotopic (exact) mass is 367 g/mol. The van der Waals surface area contributed by atoms with E-state index in [1.54, 1.807) is 0 Å². The molecule has 1 unspecified atom stereocenters. The van der Waals surface area contributed by atoms with Gasteiger partial charge in [0.15, 0.2) is 5.75 Å². The quantitative estimate of drug-likeness (QED) is 0.704. The molecule has 0 saturated heterocycles. The molecule has 0 aliphatic carbocycles. The van der Waals surface area contributed by atoms with Crippen LogP contribution in [0.4, 0.5) is 5.69 Å². The Kier molecular flexibility index (Phi) is 5.95. The molecular weight excluding hydrogens is 350 g/mol. The first kappa shape index (κ1) is 16.2. The Hall–Kier alpha value is -1.19. The summed E-state index contributed by atoms with van der Waals surface area (Å²) in [6.45, 7) is 5.60. The maximum atomic E-state index is 6.13. The van der Waals surface area contributed by atoms with Gasteiger partial charge in [-0.15, -0.1) is 0 Å². The van der Waals surface area contributed by atoms with E-state index in [2.05, 4.69) is 52.4 Å². The fourth-order valence-corrected chi connectivity index (χ4v) is 3.07. The molecule has 0 saturated carbocycles. The summed E-state index contributed by atoms with van der Waals surface area (Å²) in [7, 11) is 0. The van der Waals surface area contributed by atoms with Crippen LogP contribution in [0.1, 0.15) is 25.3 Å². The summed E-state index contributed by atoms with van der Waals surface area (Å²) in [5.74, 6) is 1.21. The summed E-state index contributed by atoms with van der Waals surface area (Å²) in [5.41, 5.74) is 2.23. The largest absolute Gasteiger partial charge is 0.491 e. The molecule has 0 amide bonds. The molecule has 4 heteroatoms. The van der Waals surface area contributed by atoms with E-state index in [0.29, 0.717) is 17.5 Å². The van der Waals surface area contributed by atoms with Gasteiger partial charge in [0, 0.05) is 11.6 Å². The van der Waals surface area contributed by atoms with Crippen molar-refractivity contribution >= 4 is 33.2 Å². The molecule has 112 valence electrons. The molecule has 1 N–H and O–H groups in total. The van der Waals surface area contributed by atoms with Crippen LogP contribution >= 0.6 is 27.5 Å². The first-order valence-electron chi connectivity index (χ1n) is 7.02. The van der Waals surface area contributed by atoms with E-state index < -0.39 is 0 Å². The van der Waals surface area contributed by atoms with Gasteiger partial charge in [-0.25, -0.2) is 0 Å². The molecule has 2 aromatic rings. The fourth-order valence-electron chi connectivity index (χ4n) is 2.15. The normalized spacial score (nSPS) is 12.0. The molecule has 0 aliphatic rings. The lowest BCUT2D eigenvalue weighted by Crippen LogP contribution is -2.11. The highest BCUT2D eigenvalue weighted by atomic mass is 79.9. The number of nitrogens with one attached hydrogen (secondary N) is 1. The van der Waals surface area contributed by atoms with Crippen molar-refractivity contribution in [3.05, 3.63) is 57.5 Å². The van der Waals surface area contributed by atoms with Gasteiger partial charge in [-0.1, -0.05) is 48.9 Å². The number of rotatable bonds is 6. The van der Waals surface area contributed by atoms with E-state index in [9.17, 15) is 0 Å². The maximum Gasteiger partial charge on any atom is 0.156 e. The Morgan fingerprint density at radius 3 is 2.62 bits per heavy atom. The Morgan fingerprint density at radius 2 is 1.95 bits per heavy atom. The van der Waals surface area contributed by atoms with Crippen LogP contribution in [0.2, 0.25) is 5.02 Å². The molecule has 0 bridgehead atoms. The average molecular weight is 369 g/mol. The zero-order valence-electron chi connectivity index (χ0n) is 12.2. The van der Waals surface area contributed by atoms with E-state index in [0.717, 1.165) is 22.5 Å². The van der Waals surface area contributed by atoms with Gasteiger partial charge in [0.1, 0.15) is 0 Å². The van der Waals surface area contributed by atoms with Crippen LogP contribution in [0.5, 0.6) is 5.75 Å². The third-order valence-corrected chi connectivity index (χ3v) is 4.07. The first-order chi connectivity index (χ1) is 10.1. The van der Waals surface area contributed by atoms with Gasteiger partial charge < -0.3 is 10.1 Å². The number of benzene rings is 2. The van der Waals surface area contributed by atoms with Crippen LogP contribution < -0.4 is 10.1 Å². The number of anilines is 1. The summed E-state index contributed by atoms with van der Waals surface area (Å²) in [5, 5.41) is 4.12. The first-order valence-corrected chi connectivity index (χ1v) is 8.19. The van der Waals surface area contributed by atoms with E-state index in [-0.39, 0.29) is 0 Å². The third-order valence-electron chi connectivity index (χ3n) is 3.26. The van der Waals surface area contributed by atoms with Crippen LogP contribution in [0.15, 0.2) is 46.9 Å². The Morgan fingerprint density at radius 1 is 1.24 bits per heavy atom. The minimum atomic E-state index is 0.401. The van der Waals surface area contributed by atoms with Gasteiger partial charge in [-0.2, -0.15) is 0 Å². The number of halogens is 2. The molecule has 0 aromatic heterocycles. The van der Waals surface area contributed by atoms with Crippen LogP contribution in [-0.2, 0) is 0 Å². The standard InChI is InChI=1S/C17H19BrClNO/c1-3-21-17-15(18)9-14(19)10-16(17)20-11-12(2)13-7-5-4-6-8-13/h4-10,12,20H,3,11H2,1-2H3.